The summed E-state index contributed by atoms with van der Waals surface area (Å²) in [4.78, 5) is 12.1. The van der Waals surface area contributed by atoms with E-state index in [-0.39, 0.29) is 5.91 Å². The van der Waals surface area contributed by atoms with Crippen LogP contribution in [0.1, 0.15) is 10.4 Å². The Bertz CT molecular complexity index is 453. The Morgan fingerprint density at radius 1 is 1.37 bits per heavy atom. The summed E-state index contributed by atoms with van der Waals surface area (Å²) in [6.07, 6.45) is -1.87. The maximum absolute atomic E-state index is 12.1. The van der Waals surface area contributed by atoms with Crippen LogP contribution in [-0.2, 0) is 9.47 Å². The second-order valence-electron chi connectivity index (χ2n) is 4.68. The highest BCUT2D eigenvalue weighted by Crippen LogP contribution is 2.31. The molecule has 1 amide bonds. The second kappa shape index (κ2) is 5.09. The highest BCUT2D eigenvalue weighted by atomic mass is 35.5. The Morgan fingerprint density at radius 2 is 2.11 bits per heavy atom. The summed E-state index contributed by atoms with van der Waals surface area (Å²) in [5.74, 6) is -0.267. The zero-order valence-corrected chi connectivity index (χ0v) is 10.8. The van der Waals surface area contributed by atoms with Gasteiger partial charge < -0.3 is 19.9 Å². The van der Waals surface area contributed by atoms with Gasteiger partial charge in [-0.1, -0.05) is 18.2 Å². The van der Waals surface area contributed by atoms with E-state index in [0.717, 1.165) is 0 Å². The maximum Gasteiger partial charge on any atom is 0.251 e. The predicted molar refractivity (Wildman–Crippen MR) is 68.0 cm³/mol. The minimum absolute atomic E-state index is 0.267. The maximum atomic E-state index is 12.1. The van der Waals surface area contributed by atoms with Gasteiger partial charge in [0.25, 0.3) is 5.91 Å². The molecule has 0 aromatic heterocycles. The van der Waals surface area contributed by atoms with E-state index in [1.807, 2.05) is 6.07 Å². The molecule has 0 saturated carbocycles. The Hall–Kier alpha value is -1.14. The van der Waals surface area contributed by atoms with Gasteiger partial charge in [-0.25, -0.2) is 0 Å². The summed E-state index contributed by atoms with van der Waals surface area (Å²) in [6, 6.07) is 8.21. The number of halogens is 1. The van der Waals surface area contributed by atoms with Crippen LogP contribution in [0.5, 0.6) is 0 Å². The third-order valence-corrected chi connectivity index (χ3v) is 3.90. The summed E-state index contributed by atoms with van der Waals surface area (Å²) in [7, 11) is 0. The Balaban J connectivity index is 1.74. The first-order chi connectivity index (χ1) is 9.16. The van der Waals surface area contributed by atoms with Crippen molar-refractivity contribution in [3.05, 3.63) is 35.9 Å². The number of alkyl halides is 1. The van der Waals surface area contributed by atoms with Crippen molar-refractivity contribution in [3.8, 4) is 0 Å². The van der Waals surface area contributed by atoms with Crippen LogP contribution in [0.4, 0.5) is 0 Å². The number of aliphatic hydroxyl groups is 1. The van der Waals surface area contributed by atoms with Gasteiger partial charge in [0.05, 0.1) is 12.6 Å². The number of aliphatic hydroxyl groups excluding tert-OH is 1. The normalized spacial score (nSPS) is 37.1. The molecular weight excluding hydrogens is 270 g/mol. The zero-order valence-electron chi connectivity index (χ0n) is 10.0. The predicted octanol–water partition coefficient (Wildman–Crippen LogP) is 0.508. The van der Waals surface area contributed by atoms with Gasteiger partial charge in [-0.2, -0.15) is 0 Å². The molecule has 5 nitrogen and oxygen atoms in total. The van der Waals surface area contributed by atoms with Gasteiger partial charge in [-0.05, 0) is 12.1 Å². The SMILES string of the molecule is O=C(N[C@@H]1[C@H](O)[C@H]2CO[C@H](O2)[C@@H]1Cl)c1ccccc1. The van der Waals surface area contributed by atoms with Crippen LogP contribution < -0.4 is 5.32 Å². The molecule has 2 heterocycles. The van der Waals surface area contributed by atoms with Gasteiger partial charge in [0, 0.05) is 5.56 Å². The van der Waals surface area contributed by atoms with Crippen LogP contribution in [0, 0.1) is 0 Å². The largest absolute Gasteiger partial charge is 0.388 e. The first kappa shape index (κ1) is 12.9. The van der Waals surface area contributed by atoms with Crippen molar-refractivity contribution in [1.82, 2.24) is 5.32 Å². The van der Waals surface area contributed by atoms with Crippen LogP contribution in [0.2, 0.25) is 0 Å². The van der Waals surface area contributed by atoms with Gasteiger partial charge in [0.1, 0.15) is 17.6 Å². The number of fused-ring (bicyclic) bond motifs is 2. The number of amides is 1. The van der Waals surface area contributed by atoms with Gasteiger partial charge in [-0.3, -0.25) is 4.79 Å². The van der Waals surface area contributed by atoms with Gasteiger partial charge in [-0.15, -0.1) is 11.6 Å². The molecule has 102 valence electrons. The average Bonchev–Trinajstić information content (AvgIpc) is 2.89. The fourth-order valence-corrected chi connectivity index (χ4v) is 2.71. The van der Waals surface area contributed by atoms with Crippen LogP contribution in [0.25, 0.3) is 0 Å². The highest BCUT2D eigenvalue weighted by molar-refractivity contribution is 6.21. The lowest BCUT2D eigenvalue weighted by molar-refractivity contribution is -0.127. The summed E-state index contributed by atoms with van der Waals surface area (Å²) < 4.78 is 10.7. The van der Waals surface area contributed by atoms with Crippen molar-refractivity contribution >= 4 is 17.5 Å². The van der Waals surface area contributed by atoms with Crippen molar-refractivity contribution in [1.29, 1.82) is 0 Å². The summed E-state index contributed by atoms with van der Waals surface area (Å²) in [6.45, 7) is 0.298. The fraction of sp³-hybridized carbons (Fsp3) is 0.462. The van der Waals surface area contributed by atoms with Crippen LogP contribution in [0.15, 0.2) is 30.3 Å². The lowest BCUT2D eigenvalue weighted by atomic mass is 9.99. The third kappa shape index (κ3) is 2.34. The molecule has 0 spiro atoms. The lowest BCUT2D eigenvalue weighted by Gasteiger charge is -2.35. The monoisotopic (exact) mass is 283 g/mol. The second-order valence-corrected chi connectivity index (χ2v) is 5.18. The third-order valence-electron chi connectivity index (χ3n) is 3.42. The van der Waals surface area contributed by atoms with Crippen molar-refractivity contribution in [2.75, 3.05) is 6.61 Å². The van der Waals surface area contributed by atoms with Crippen molar-refractivity contribution < 1.29 is 19.4 Å². The Labute approximate surface area is 115 Å². The van der Waals surface area contributed by atoms with E-state index < -0.39 is 29.9 Å². The van der Waals surface area contributed by atoms with Gasteiger partial charge in [0.15, 0.2) is 6.29 Å². The molecule has 2 saturated heterocycles. The number of hydrogen-bond acceptors (Lipinski definition) is 4. The molecular formula is C13H14ClNO4. The summed E-state index contributed by atoms with van der Waals surface area (Å²) in [5.41, 5.74) is 0.526. The fourth-order valence-electron chi connectivity index (χ4n) is 2.36. The van der Waals surface area contributed by atoms with Gasteiger partial charge in [0.2, 0.25) is 0 Å². The van der Waals surface area contributed by atoms with E-state index in [1.54, 1.807) is 24.3 Å². The van der Waals surface area contributed by atoms with E-state index >= 15 is 0 Å². The molecule has 2 aliphatic rings. The van der Waals surface area contributed by atoms with Crippen LogP contribution in [0.3, 0.4) is 0 Å². The minimum Gasteiger partial charge on any atom is -0.388 e. The first-order valence-electron chi connectivity index (χ1n) is 6.12. The number of nitrogens with one attached hydrogen (secondary N) is 1. The van der Waals surface area contributed by atoms with E-state index in [2.05, 4.69) is 5.32 Å². The van der Waals surface area contributed by atoms with Crippen molar-refractivity contribution in [2.24, 2.45) is 0 Å². The molecule has 0 aliphatic carbocycles. The molecule has 1 aromatic carbocycles. The number of hydrogen-bond donors (Lipinski definition) is 2. The molecule has 3 rings (SSSR count). The molecule has 19 heavy (non-hydrogen) atoms. The molecule has 2 fully saturated rings. The van der Waals surface area contributed by atoms with E-state index in [1.165, 1.54) is 0 Å². The zero-order chi connectivity index (χ0) is 13.4. The topological polar surface area (TPSA) is 67.8 Å². The molecule has 1 aromatic rings. The van der Waals surface area contributed by atoms with E-state index in [4.69, 9.17) is 21.1 Å². The quantitative estimate of drug-likeness (QED) is 0.776. The number of carbonyl (C=O) groups excluding carboxylic acids is 1. The standard InChI is InChI=1S/C13H14ClNO4/c14-9-10(11(16)8-6-18-13(9)19-8)15-12(17)7-4-2-1-3-5-7/h1-5,8-11,13,16H,6H2,(H,15,17)/t8-,9-,10+,11-,13-/m1/s1. The van der Waals surface area contributed by atoms with Crippen molar-refractivity contribution in [3.63, 3.8) is 0 Å². The molecule has 2 aliphatic heterocycles. The summed E-state index contributed by atoms with van der Waals surface area (Å²) in [5, 5.41) is 12.3. The number of rotatable bonds is 2. The number of benzene rings is 1. The average molecular weight is 284 g/mol. The first-order valence-corrected chi connectivity index (χ1v) is 6.55. The van der Waals surface area contributed by atoms with Gasteiger partial charge >= 0.3 is 0 Å². The number of ether oxygens (including phenoxy) is 2. The van der Waals surface area contributed by atoms with Crippen LogP contribution >= 0.6 is 11.6 Å². The van der Waals surface area contributed by atoms with E-state index in [9.17, 15) is 9.90 Å². The molecule has 0 radical (unpaired) electrons. The molecule has 5 atom stereocenters. The minimum atomic E-state index is -0.867. The molecule has 0 unspecified atom stereocenters. The van der Waals surface area contributed by atoms with E-state index in [0.29, 0.717) is 12.2 Å². The lowest BCUT2D eigenvalue weighted by Crippen LogP contribution is -2.59. The van der Waals surface area contributed by atoms with Crippen LogP contribution in [-0.4, -0.2) is 47.5 Å². The highest BCUT2D eigenvalue weighted by Gasteiger charge is 2.49. The summed E-state index contributed by atoms with van der Waals surface area (Å²) >= 11 is 6.18. The number of carbonyl (C=O) groups is 1. The smallest absolute Gasteiger partial charge is 0.251 e. The Morgan fingerprint density at radius 3 is 2.84 bits per heavy atom. The van der Waals surface area contributed by atoms with Crippen molar-refractivity contribution in [2.45, 2.75) is 29.9 Å². The molecule has 2 N–H and O–H groups in total. The molecule has 6 heteroatoms. The molecule has 2 bridgehead atoms. The Kier molecular flexibility index (Phi) is 3.45.